The summed E-state index contributed by atoms with van der Waals surface area (Å²) in [6.07, 6.45) is 2.46. The molecule has 0 aliphatic rings. The summed E-state index contributed by atoms with van der Waals surface area (Å²) in [6.45, 7) is 1.54. The molecule has 0 atom stereocenters. The van der Waals surface area contributed by atoms with Crippen molar-refractivity contribution in [2.24, 2.45) is 0 Å². The predicted octanol–water partition coefficient (Wildman–Crippen LogP) is 0.254. The van der Waals surface area contributed by atoms with Crippen LogP contribution < -0.4 is 5.32 Å². The summed E-state index contributed by atoms with van der Waals surface area (Å²) < 4.78 is 1.42. The zero-order valence-corrected chi connectivity index (χ0v) is 10.7. The summed E-state index contributed by atoms with van der Waals surface area (Å²) in [5, 5.41) is 11.6. The Morgan fingerprint density at radius 3 is 2.78 bits per heavy atom. The van der Waals surface area contributed by atoms with Gasteiger partial charge in [0.2, 0.25) is 5.91 Å². The fourth-order valence-corrected chi connectivity index (χ4v) is 1.58. The van der Waals surface area contributed by atoms with Gasteiger partial charge >= 0.3 is 5.97 Å². The fourth-order valence-electron chi connectivity index (χ4n) is 1.58. The van der Waals surface area contributed by atoms with Crippen molar-refractivity contribution in [1.82, 2.24) is 14.8 Å². The molecule has 1 aromatic heterocycles. The lowest BCUT2D eigenvalue weighted by Crippen LogP contribution is -2.30. The first-order chi connectivity index (χ1) is 8.50. The molecule has 1 heterocycles. The minimum Gasteiger partial charge on any atom is -0.477 e. The Bertz CT molecular complexity index is 412. The second-order valence-electron chi connectivity index (χ2n) is 4.33. The van der Waals surface area contributed by atoms with Gasteiger partial charge < -0.3 is 19.9 Å². The predicted molar refractivity (Wildman–Crippen MR) is 67.6 cm³/mol. The van der Waals surface area contributed by atoms with E-state index in [1.54, 1.807) is 12.3 Å². The second kappa shape index (κ2) is 6.80. The molecular weight excluding hydrogens is 234 g/mol. The van der Waals surface area contributed by atoms with Gasteiger partial charge in [0, 0.05) is 12.7 Å². The van der Waals surface area contributed by atoms with Gasteiger partial charge in [-0.15, -0.1) is 0 Å². The molecule has 1 rings (SSSR count). The maximum atomic E-state index is 11.6. The van der Waals surface area contributed by atoms with Crippen LogP contribution in [0.5, 0.6) is 0 Å². The highest BCUT2D eigenvalue weighted by atomic mass is 16.4. The average Bonchev–Trinajstić information content (AvgIpc) is 2.72. The summed E-state index contributed by atoms with van der Waals surface area (Å²) in [4.78, 5) is 24.5. The normalized spacial score (nSPS) is 10.6. The van der Waals surface area contributed by atoms with Crippen molar-refractivity contribution >= 4 is 11.9 Å². The van der Waals surface area contributed by atoms with E-state index >= 15 is 0 Å². The Balaban J connectivity index is 2.36. The molecule has 0 fully saturated rings. The topological polar surface area (TPSA) is 74.6 Å². The van der Waals surface area contributed by atoms with E-state index in [1.165, 1.54) is 10.6 Å². The van der Waals surface area contributed by atoms with Gasteiger partial charge in [-0.3, -0.25) is 4.79 Å². The molecule has 2 N–H and O–H groups in total. The molecule has 0 saturated carbocycles. The molecule has 1 aromatic rings. The molecule has 0 radical (unpaired) electrons. The highest BCUT2D eigenvalue weighted by Gasteiger charge is 2.11. The Morgan fingerprint density at radius 2 is 2.17 bits per heavy atom. The third-order valence-electron chi connectivity index (χ3n) is 2.47. The number of hydrogen-bond acceptors (Lipinski definition) is 3. The first-order valence-corrected chi connectivity index (χ1v) is 5.80. The van der Waals surface area contributed by atoms with Crippen LogP contribution in [0.25, 0.3) is 0 Å². The number of hydrogen-bond donors (Lipinski definition) is 2. The minimum atomic E-state index is -1.03. The smallest absolute Gasteiger partial charge is 0.352 e. The maximum Gasteiger partial charge on any atom is 0.352 e. The largest absolute Gasteiger partial charge is 0.477 e. The van der Waals surface area contributed by atoms with E-state index in [-0.39, 0.29) is 18.1 Å². The van der Waals surface area contributed by atoms with Crippen molar-refractivity contribution in [3.05, 3.63) is 24.0 Å². The number of rotatable bonds is 7. The molecule has 0 aliphatic carbocycles. The van der Waals surface area contributed by atoms with Gasteiger partial charge in [0.15, 0.2) is 0 Å². The number of aromatic nitrogens is 1. The Kier molecular flexibility index (Phi) is 5.38. The molecule has 0 saturated heterocycles. The molecule has 1 amide bonds. The number of nitrogens with zero attached hydrogens (tertiary/aromatic N) is 2. The van der Waals surface area contributed by atoms with Crippen LogP contribution in [-0.4, -0.2) is 53.6 Å². The third-order valence-corrected chi connectivity index (χ3v) is 2.47. The lowest BCUT2D eigenvalue weighted by atomic mass is 10.4. The molecule has 6 heteroatoms. The number of nitrogens with one attached hydrogen (secondary N) is 1. The number of carbonyl (C=O) groups is 2. The number of carboxylic acid groups (broad SMARTS) is 1. The van der Waals surface area contributed by atoms with Gasteiger partial charge in [-0.2, -0.15) is 0 Å². The average molecular weight is 253 g/mol. The van der Waals surface area contributed by atoms with Gasteiger partial charge in [-0.1, -0.05) is 0 Å². The molecular formula is C12H19N3O3. The summed E-state index contributed by atoms with van der Waals surface area (Å²) in [6, 6.07) is 3.09. The van der Waals surface area contributed by atoms with Crippen molar-refractivity contribution in [2.75, 3.05) is 27.2 Å². The molecule has 0 bridgehead atoms. The van der Waals surface area contributed by atoms with Crippen molar-refractivity contribution in [3.63, 3.8) is 0 Å². The van der Waals surface area contributed by atoms with E-state index in [0.717, 1.165) is 13.0 Å². The van der Waals surface area contributed by atoms with Crippen LogP contribution in [0.1, 0.15) is 16.9 Å². The van der Waals surface area contributed by atoms with Crippen LogP contribution in [0.15, 0.2) is 18.3 Å². The van der Waals surface area contributed by atoms with Crippen LogP contribution >= 0.6 is 0 Å². The quantitative estimate of drug-likeness (QED) is 0.683. The third kappa shape index (κ3) is 4.58. The van der Waals surface area contributed by atoms with Crippen LogP contribution in [0.3, 0.4) is 0 Å². The molecule has 0 spiro atoms. The van der Waals surface area contributed by atoms with Crippen molar-refractivity contribution < 1.29 is 14.7 Å². The SMILES string of the molecule is CN(C)CCCNC(=O)Cn1cccc1C(=O)O. The monoisotopic (exact) mass is 253 g/mol. The van der Waals surface area contributed by atoms with Gasteiger partial charge in [-0.05, 0) is 39.2 Å². The van der Waals surface area contributed by atoms with E-state index < -0.39 is 5.97 Å². The Morgan fingerprint density at radius 1 is 1.44 bits per heavy atom. The fraction of sp³-hybridized carbons (Fsp3) is 0.500. The zero-order valence-electron chi connectivity index (χ0n) is 10.7. The first-order valence-electron chi connectivity index (χ1n) is 5.80. The van der Waals surface area contributed by atoms with Crippen molar-refractivity contribution in [1.29, 1.82) is 0 Å². The van der Waals surface area contributed by atoms with Gasteiger partial charge in [0.1, 0.15) is 12.2 Å². The number of aromatic carboxylic acids is 1. The summed E-state index contributed by atoms with van der Waals surface area (Å²) in [5.74, 6) is -1.20. The Hall–Kier alpha value is -1.82. The zero-order chi connectivity index (χ0) is 13.5. The van der Waals surface area contributed by atoms with E-state index in [4.69, 9.17) is 5.11 Å². The minimum absolute atomic E-state index is 0.0383. The summed E-state index contributed by atoms with van der Waals surface area (Å²) in [7, 11) is 3.95. The van der Waals surface area contributed by atoms with E-state index in [9.17, 15) is 9.59 Å². The number of carbonyl (C=O) groups excluding carboxylic acids is 1. The lowest BCUT2D eigenvalue weighted by Gasteiger charge is -2.10. The number of amides is 1. The molecule has 100 valence electrons. The lowest BCUT2D eigenvalue weighted by molar-refractivity contribution is -0.121. The summed E-state index contributed by atoms with van der Waals surface area (Å²) in [5.41, 5.74) is 0.124. The number of carboxylic acids is 1. The van der Waals surface area contributed by atoms with Crippen LogP contribution in [-0.2, 0) is 11.3 Å². The van der Waals surface area contributed by atoms with E-state index in [2.05, 4.69) is 5.32 Å². The van der Waals surface area contributed by atoms with Crippen molar-refractivity contribution in [3.8, 4) is 0 Å². The highest BCUT2D eigenvalue weighted by Crippen LogP contribution is 2.01. The molecule has 18 heavy (non-hydrogen) atoms. The molecule has 6 nitrogen and oxygen atoms in total. The van der Waals surface area contributed by atoms with Gasteiger partial charge in [-0.25, -0.2) is 4.79 Å². The highest BCUT2D eigenvalue weighted by molar-refractivity contribution is 5.86. The molecule has 0 unspecified atom stereocenters. The van der Waals surface area contributed by atoms with Crippen molar-refractivity contribution in [2.45, 2.75) is 13.0 Å². The Labute approximate surface area is 106 Å². The molecule has 0 aromatic carbocycles. The van der Waals surface area contributed by atoms with Gasteiger partial charge in [0.25, 0.3) is 0 Å². The van der Waals surface area contributed by atoms with Crippen LogP contribution in [0.4, 0.5) is 0 Å². The molecule has 0 aliphatic heterocycles. The van der Waals surface area contributed by atoms with Crippen LogP contribution in [0.2, 0.25) is 0 Å². The second-order valence-corrected chi connectivity index (χ2v) is 4.33. The van der Waals surface area contributed by atoms with E-state index in [0.29, 0.717) is 6.54 Å². The maximum absolute atomic E-state index is 11.6. The van der Waals surface area contributed by atoms with Crippen LogP contribution in [0, 0.1) is 0 Å². The standard InChI is InChI=1S/C12H19N3O3/c1-14(2)7-4-6-13-11(16)9-15-8-3-5-10(15)12(17)18/h3,5,8H,4,6-7,9H2,1-2H3,(H,13,16)(H,17,18). The first kappa shape index (κ1) is 14.2. The van der Waals surface area contributed by atoms with E-state index in [1.807, 2.05) is 19.0 Å². The van der Waals surface area contributed by atoms with Gasteiger partial charge in [0.05, 0.1) is 0 Å². The summed E-state index contributed by atoms with van der Waals surface area (Å²) >= 11 is 0.